The van der Waals surface area contributed by atoms with Crippen LogP contribution in [0, 0.1) is 11.3 Å². The van der Waals surface area contributed by atoms with Crippen molar-refractivity contribution in [3.63, 3.8) is 0 Å². The monoisotopic (exact) mass is 282 g/mol. The number of ether oxygens (including phenoxy) is 1. The Hall–Kier alpha value is -0.120. The Morgan fingerprint density at radius 1 is 1.30 bits per heavy atom. The summed E-state index contributed by atoms with van der Waals surface area (Å²) in [6, 6.07) is 0.655. The van der Waals surface area contributed by atoms with Gasteiger partial charge in [0.2, 0.25) is 0 Å². The van der Waals surface area contributed by atoms with Crippen molar-refractivity contribution in [2.45, 2.75) is 70.9 Å². The summed E-state index contributed by atoms with van der Waals surface area (Å²) >= 11 is 0. The van der Waals surface area contributed by atoms with Gasteiger partial charge in [0.05, 0.1) is 6.61 Å². The van der Waals surface area contributed by atoms with Gasteiger partial charge in [0.1, 0.15) is 0 Å². The lowest BCUT2D eigenvalue weighted by molar-refractivity contribution is -0.0318. The molecule has 2 aliphatic rings. The van der Waals surface area contributed by atoms with Gasteiger partial charge in [0, 0.05) is 31.8 Å². The molecule has 3 nitrogen and oxygen atoms in total. The molecule has 0 amide bonds. The van der Waals surface area contributed by atoms with Crippen LogP contribution in [0.15, 0.2) is 0 Å². The van der Waals surface area contributed by atoms with E-state index in [2.05, 4.69) is 25.7 Å². The van der Waals surface area contributed by atoms with Crippen molar-refractivity contribution in [3.05, 3.63) is 0 Å². The van der Waals surface area contributed by atoms with Gasteiger partial charge in [-0.1, -0.05) is 20.3 Å². The van der Waals surface area contributed by atoms with E-state index in [9.17, 15) is 0 Å². The molecule has 3 heteroatoms. The maximum Gasteiger partial charge on any atom is 0.0590 e. The third-order valence-electron chi connectivity index (χ3n) is 5.62. The Labute approximate surface area is 125 Å². The van der Waals surface area contributed by atoms with Gasteiger partial charge in [-0.2, -0.15) is 0 Å². The molecule has 20 heavy (non-hydrogen) atoms. The van der Waals surface area contributed by atoms with E-state index >= 15 is 0 Å². The van der Waals surface area contributed by atoms with E-state index in [4.69, 9.17) is 10.5 Å². The topological polar surface area (TPSA) is 38.5 Å². The van der Waals surface area contributed by atoms with Crippen molar-refractivity contribution < 1.29 is 4.74 Å². The molecule has 2 saturated carbocycles. The minimum absolute atomic E-state index is 0.197. The molecule has 0 aliphatic heterocycles. The van der Waals surface area contributed by atoms with Gasteiger partial charge in [-0.05, 0) is 50.4 Å². The molecule has 2 rings (SSSR count). The Balaban J connectivity index is 2.17. The maximum absolute atomic E-state index is 6.31. The van der Waals surface area contributed by atoms with E-state index in [1.165, 1.54) is 38.5 Å². The zero-order valence-electron chi connectivity index (χ0n) is 14.0. The highest BCUT2D eigenvalue weighted by Crippen LogP contribution is 2.46. The average molecular weight is 282 g/mol. The highest BCUT2D eigenvalue weighted by Gasteiger charge is 2.47. The zero-order chi connectivity index (χ0) is 14.8. The van der Waals surface area contributed by atoms with Crippen LogP contribution in [0.25, 0.3) is 0 Å². The van der Waals surface area contributed by atoms with Gasteiger partial charge < -0.3 is 10.5 Å². The molecule has 0 saturated heterocycles. The lowest BCUT2D eigenvalue weighted by atomic mass is 9.67. The van der Waals surface area contributed by atoms with Crippen LogP contribution in [0.5, 0.6) is 0 Å². The summed E-state index contributed by atoms with van der Waals surface area (Å²) in [5.74, 6) is 0.889. The largest absolute Gasteiger partial charge is 0.383 e. The molecule has 0 spiro atoms. The first kappa shape index (κ1) is 16.3. The first-order valence-corrected chi connectivity index (χ1v) is 8.40. The Kier molecular flexibility index (Phi) is 5.14. The fraction of sp³-hybridized carbons (Fsp3) is 1.00. The molecule has 2 unspecified atom stereocenters. The number of rotatable bonds is 7. The van der Waals surface area contributed by atoms with Crippen molar-refractivity contribution in [1.29, 1.82) is 0 Å². The lowest BCUT2D eigenvalue weighted by Crippen LogP contribution is -2.61. The first-order chi connectivity index (χ1) is 9.44. The van der Waals surface area contributed by atoms with E-state index in [-0.39, 0.29) is 5.54 Å². The standard InChI is InChI=1S/C17H34N2O/c1-14(15-6-7-15)19(10-11-20-4)17(13-18)9-5-8-16(2,3)12-17/h14-15H,5-13,18H2,1-4H3. The summed E-state index contributed by atoms with van der Waals surface area (Å²) in [5, 5.41) is 0. The van der Waals surface area contributed by atoms with Gasteiger partial charge in [-0.15, -0.1) is 0 Å². The van der Waals surface area contributed by atoms with Gasteiger partial charge in [-0.3, -0.25) is 4.90 Å². The summed E-state index contributed by atoms with van der Waals surface area (Å²) in [5.41, 5.74) is 6.93. The van der Waals surface area contributed by atoms with Crippen LogP contribution in [0.3, 0.4) is 0 Å². The van der Waals surface area contributed by atoms with Crippen molar-refractivity contribution in [2.24, 2.45) is 17.1 Å². The Bertz CT molecular complexity index is 314. The predicted octanol–water partition coefficient (Wildman–Crippen LogP) is 3.03. The second kappa shape index (κ2) is 6.33. The van der Waals surface area contributed by atoms with Crippen LogP contribution < -0.4 is 5.73 Å². The van der Waals surface area contributed by atoms with E-state index in [0.717, 1.165) is 25.6 Å². The molecular formula is C17H34N2O. The molecule has 0 aromatic heterocycles. The molecule has 0 bridgehead atoms. The van der Waals surface area contributed by atoms with E-state index in [1.807, 2.05) is 0 Å². The average Bonchev–Trinajstić information content (AvgIpc) is 3.22. The van der Waals surface area contributed by atoms with Crippen LogP contribution in [0.4, 0.5) is 0 Å². The van der Waals surface area contributed by atoms with Gasteiger partial charge in [0.25, 0.3) is 0 Å². The van der Waals surface area contributed by atoms with E-state index in [0.29, 0.717) is 11.5 Å². The third kappa shape index (κ3) is 3.55. The maximum atomic E-state index is 6.31. The Morgan fingerprint density at radius 3 is 2.50 bits per heavy atom. The molecule has 2 aliphatic carbocycles. The third-order valence-corrected chi connectivity index (χ3v) is 5.62. The fourth-order valence-electron chi connectivity index (χ4n) is 4.40. The van der Waals surface area contributed by atoms with Crippen molar-refractivity contribution in [1.82, 2.24) is 4.90 Å². The molecule has 2 atom stereocenters. The summed E-state index contributed by atoms with van der Waals surface area (Å²) in [4.78, 5) is 2.72. The van der Waals surface area contributed by atoms with Crippen LogP contribution in [-0.2, 0) is 4.74 Å². The minimum Gasteiger partial charge on any atom is -0.383 e. The van der Waals surface area contributed by atoms with Crippen LogP contribution in [0.1, 0.15) is 59.3 Å². The molecule has 118 valence electrons. The van der Waals surface area contributed by atoms with Crippen molar-refractivity contribution in [3.8, 4) is 0 Å². The SMILES string of the molecule is COCCN(C(C)C1CC1)C1(CN)CCCC(C)(C)C1. The van der Waals surface area contributed by atoms with Gasteiger partial charge in [-0.25, -0.2) is 0 Å². The molecule has 0 aromatic rings. The number of nitrogens with two attached hydrogens (primary N) is 1. The van der Waals surface area contributed by atoms with Crippen LogP contribution in [0.2, 0.25) is 0 Å². The van der Waals surface area contributed by atoms with Crippen LogP contribution >= 0.6 is 0 Å². The molecule has 0 aromatic carbocycles. The number of methoxy groups -OCH3 is 1. The summed E-state index contributed by atoms with van der Waals surface area (Å²) in [6.07, 6.45) is 7.93. The molecule has 2 fully saturated rings. The normalized spacial score (nSPS) is 31.5. The lowest BCUT2D eigenvalue weighted by Gasteiger charge is -2.53. The van der Waals surface area contributed by atoms with Gasteiger partial charge >= 0.3 is 0 Å². The van der Waals surface area contributed by atoms with E-state index < -0.39 is 0 Å². The molecular weight excluding hydrogens is 248 g/mol. The predicted molar refractivity (Wildman–Crippen MR) is 84.8 cm³/mol. The quantitative estimate of drug-likeness (QED) is 0.780. The summed E-state index contributed by atoms with van der Waals surface area (Å²) in [6.45, 7) is 9.87. The van der Waals surface area contributed by atoms with Gasteiger partial charge in [0.15, 0.2) is 0 Å². The highest BCUT2D eigenvalue weighted by molar-refractivity contribution is 5.02. The Morgan fingerprint density at radius 2 is 2.00 bits per heavy atom. The molecule has 0 radical (unpaired) electrons. The number of nitrogens with zero attached hydrogens (tertiary/aromatic N) is 1. The highest BCUT2D eigenvalue weighted by atomic mass is 16.5. The van der Waals surface area contributed by atoms with E-state index in [1.54, 1.807) is 7.11 Å². The number of hydrogen-bond donors (Lipinski definition) is 1. The van der Waals surface area contributed by atoms with Crippen molar-refractivity contribution in [2.75, 3.05) is 26.8 Å². The smallest absolute Gasteiger partial charge is 0.0590 e. The fourth-order valence-corrected chi connectivity index (χ4v) is 4.40. The molecule has 0 heterocycles. The summed E-state index contributed by atoms with van der Waals surface area (Å²) < 4.78 is 5.37. The summed E-state index contributed by atoms with van der Waals surface area (Å²) in [7, 11) is 1.81. The second-order valence-electron chi connectivity index (χ2n) is 7.89. The van der Waals surface area contributed by atoms with Crippen molar-refractivity contribution >= 4 is 0 Å². The first-order valence-electron chi connectivity index (χ1n) is 8.40. The minimum atomic E-state index is 0.197. The van der Waals surface area contributed by atoms with Crippen LogP contribution in [-0.4, -0.2) is 43.3 Å². The molecule has 2 N–H and O–H groups in total. The number of hydrogen-bond acceptors (Lipinski definition) is 3. The zero-order valence-corrected chi connectivity index (χ0v) is 14.0. The second-order valence-corrected chi connectivity index (χ2v) is 7.89.